The molecule has 17 heavy (non-hydrogen) atoms. The van der Waals surface area contributed by atoms with Crippen molar-refractivity contribution in [2.45, 2.75) is 45.6 Å². The monoisotopic (exact) mass is 242 g/mol. The quantitative estimate of drug-likeness (QED) is 0.792. The number of nitrogens with one attached hydrogen (secondary N) is 1. The van der Waals surface area contributed by atoms with Gasteiger partial charge in [-0.3, -0.25) is 4.79 Å². The van der Waals surface area contributed by atoms with Gasteiger partial charge in [0, 0.05) is 13.1 Å². The minimum atomic E-state index is -0.246. The molecular formula is C13H26N2O2. The van der Waals surface area contributed by atoms with Crippen LogP contribution >= 0.6 is 0 Å². The number of carbonyl (C=O) groups excluding carboxylic acids is 1. The van der Waals surface area contributed by atoms with Gasteiger partial charge in [-0.1, -0.05) is 6.42 Å². The number of nitrogens with zero attached hydrogens (tertiary/aromatic N) is 1. The lowest BCUT2D eigenvalue weighted by Crippen LogP contribution is -2.39. The van der Waals surface area contributed by atoms with Crippen molar-refractivity contribution in [2.24, 2.45) is 0 Å². The van der Waals surface area contributed by atoms with Crippen LogP contribution in [0, 0.1) is 0 Å². The molecule has 4 nitrogen and oxygen atoms in total. The number of carbonyl (C=O) groups is 1. The molecule has 1 heterocycles. The van der Waals surface area contributed by atoms with Gasteiger partial charge in [-0.25, -0.2) is 0 Å². The van der Waals surface area contributed by atoms with Crippen LogP contribution in [0.15, 0.2) is 0 Å². The van der Waals surface area contributed by atoms with Crippen LogP contribution < -0.4 is 5.32 Å². The molecular weight excluding hydrogens is 216 g/mol. The highest BCUT2D eigenvalue weighted by atomic mass is 16.5. The topological polar surface area (TPSA) is 41.6 Å². The summed E-state index contributed by atoms with van der Waals surface area (Å²) in [7, 11) is 0. The molecule has 0 atom stereocenters. The van der Waals surface area contributed by atoms with Crippen molar-refractivity contribution in [3.63, 3.8) is 0 Å². The van der Waals surface area contributed by atoms with Crippen LogP contribution in [-0.4, -0.2) is 49.2 Å². The Balaban J connectivity index is 2.03. The highest BCUT2D eigenvalue weighted by Gasteiger charge is 2.13. The second-order valence-electron chi connectivity index (χ2n) is 5.65. The Kier molecular flexibility index (Phi) is 5.92. The largest absolute Gasteiger partial charge is 0.366 e. The van der Waals surface area contributed by atoms with Crippen LogP contribution in [0.5, 0.6) is 0 Å². The van der Waals surface area contributed by atoms with Gasteiger partial charge >= 0.3 is 0 Å². The summed E-state index contributed by atoms with van der Waals surface area (Å²) in [6.07, 6.45) is 3.93. The van der Waals surface area contributed by atoms with Crippen molar-refractivity contribution >= 4 is 5.91 Å². The summed E-state index contributed by atoms with van der Waals surface area (Å²) in [5.41, 5.74) is -0.246. The maximum atomic E-state index is 11.5. The van der Waals surface area contributed by atoms with Crippen molar-refractivity contribution < 1.29 is 9.53 Å². The minimum absolute atomic E-state index is 0.0167. The molecule has 1 saturated heterocycles. The Bertz CT molecular complexity index is 230. The molecule has 1 N–H and O–H groups in total. The van der Waals surface area contributed by atoms with Gasteiger partial charge in [0.2, 0.25) is 5.91 Å². The summed E-state index contributed by atoms with van der Waals surface area (Å²) in [6, 6.07) is 0. The molecule has 0 unspecified atom stereocenters. The molecule has 0 aromatic heterocycles. The molecule has 0 spiro atoms. The second-order valence-corrected chi connectivity index (χ2v) is 5.65. The van der Waals surface area contributed by atoms with E-state index < -0.39 is 0 Å². The van der Waals surface area contributed by atoms with Crippen molar-refractivity contribution in [3.05, 3.63) is 0 Å². The number of ether oxygens (including phenoxy) is 1. The molecule has 1 aliphatic heterocycles. The minimum Gasteiger partial charge on any atom is -0.366 e. The third-order valence-corrected chi connectivity index (χ3v) is 2.84. The van der Waals surface area contributed by atoms with E-state index in [0.29, 0.717) is 0 Å². The number of hydrogen-bond acceptors (Lipinski definition) is 3. The zero-order valence-corrected chi connectivity index (χ0v) is 11.4. The smallest absolute Gasteiger partial charge is 0.246 e. The fourth-order valence-electron chi connectivity index (χ4n) is 1.87. The predicted molar refractivity (Wildman–Crippen MR) is 69.0 cm³/mol. The molecule has 4 heteroatoms. The molecule has 0 aliphatic carbocycles. The van der Waals surface area contributed by atoms with Gasteiger partial charge in [-0.15, -0.1) is 0 Å². The normalized spacial score (nSPS) is 18.1. The Hall–Kier alpha value is -0.610. The summed E-state index contributed by atoms with van der Waals surface area (Å²) in [5.74, 6) is -0.0167. The Labute approximate surface area is 105 Å². The molecule has 1 fully saturated rings. The number of likely N-dealkylation sites (tertiary alicyclic amines) is 1. The van der Waals surface area contributed by atoms with Gasteiger partial charge in [-0.2, -0.15) is 0 Å². The zero-order chi connectivity index (χ0) is 12.7. The number of rotatable bonds is 5. The summed E-state index contributed by atoms with van der Waals surface area (Å²) >= 11 is 0. The van der Waals surface area contributed by atoms with E-state index in [2.05, 4.69) is 10.2 Å². The van der Waals surface area contributed by atoms with Crippen molar-refractivity contribution in [1.82, 2.24) is 10.2 Å². The first-order valence-electron chi connectivity index (χ1n) is 6.60. The van der Waals surface area contributed by atoms with E-state index in [-0.39, 0.29) is 18.1 Å². The molecule has 0 aromatic carbocycles. The molecule has 0 radical (unpaired) electrons. The average Bonchev–Trinajstić information content (AvgIpc) is 2.27. The van der Waals surface area contributed by atoms with E-state index in [9.17, 15) is 4.79 Å². The van der Waals surface area contributed by atoms with Crippen LogP contribution in [0.1, 0.15) is 40.0 Å². The predicted octanol–water partition coefficient (Wildman–Crippen LogP) is 1.40. The number of hydrogen-bond donors (Lipinski definition) is 1. The van der Waals surface area contributed by atoms with Gasteiger partial charge in [0.05, 0.1) is 5.60 Å². The van der Waals surface area contributed by atoms with Crippen LogP contribution in [0.25, 0.3) is 0 Å². The lowest BCUT2D eigenvalue weighted by atomic mass is 10.1. The van der Waals surface area contributed by atoms with Crippen LogP contribution in [0.3, 0.4) is 0 Å². The highest BCUT2D eigenvalue weighted by Crippen LogP contribution is 2.07. The Morgan fingerprint density at radius 3 is 2.47 bits per heavy atom. The van der Waals surface area contributed by atoms with Crippen LogP contribution in [-0.2, 0) is 9.53 Å². The first-order valence-corrected chi connectivity index (χ1v) is 6.60. The summed E-state index contributed by atoms with van der Waals surface area (Å²) in [5, 5.41) is 2.90. The maximum absolute atomic E-state index is 11.5. The molecule has 0 saturated carbocycles. The highest BCUT2D eigenvalue weighted by molar-refractivity contribution is 5.77. The lowest BCUT2D eigenvalue weighted by Gasteiger charge is -2.26. The van der Waals surface area contributed by atoms with Gasteiger partial charge in [0.1, 0.15) is 6.61 Å². The third kappa shape index (κ3) is 7.34. The van der Waals surface area contributed by atoms with Crippen LogP contribution in [0.4, 0.5) is 0 Å². The Morgan fingerprint density at radius 1 is 1.24 bits per heavy atom. The number of piperidine rings is 1. The van der Waals surface area contributed by atoms with E-state index in [1.54, 1.807) is 0 Å². The zero-order valence-electron chi connectivity index (χ0n) is 11.4. The van der Waals surface area contributed by atoms with E-state index >= 15 is 0 Å². The number of amides is 1. The van der Waals surface area contributed by atoms with Gasteiger partial charge in [0.25, 0.3) is 0 Å². The summed E-state index contributed by atoms with van der Waals surface area (Å²) in [4.78, 5) is 13.9. The summed E-state index contributed by atoms with van der Waals surface area (Å²) in [6.45, 7) is 10.1. The van der Waals surface area contributed by atoms with E-state index in [4.69, 9.17) is 4.74 Å². The van der Waals surface area contributed by atoms with Crippen molar-refractivity contribution in [1.29, 1.82) is 0 Å². The summed E-state index contributed by atoms with van der Waals surface area (Å²) < 4.78 is 5.41. The van der Waals surface area contributed by atoms with Crippen molar-refractivity contribution in [2.75, 3.05) is 32.8 Å². The molecule has 1 aliphatic rings. The fraction of sp³-hybridized carbons (Fsp3) is 0.923. The molecule has 0 bridgehead atoms. The molecule has 100 valence electrons. The van der Waals surface area contributed by atoms with E-state index in [0.717, 1.165) is 13.1 Å². The second kappa shape index (κ2) is 6.97. The standard InChI is InChI=1S/C13H26N2O2/c1-13(2,3)17-11-12(16)14-7-10-15-8-5-4-6-9-15/h4-11H2,1-3H3,(H,14,16). The van der Waals surface area contributed by atoms with E-state index in [1.807, 2.05) is 20.8 Å². The van der Waals surface area contributed by atoms with Crippen molar-refractivity contribution in [3.8, 4) is 0 Å². The Morgan fingerprint density at radius 2 is 1.88 bits per heavy atom. The maximum Gasteiger partial charge on any atom is 0.246 e. The van der Waals surface area contributed by atoms with Gasteiger partial charge < -0.3 is 15.0 Å². The first-order chi connectivity index (χ1) is 7.97. The lowest BCUT2D eigenvalue weighted by molar-refractivity contribution is -0.130. The molecule has 1 amide bonds. The molecule has 1 rings (SSSR count). The van der Waals surface area contributed by atoms with Gasteiger partial charge in [-0.05, 0) is 46.7 Å². The first kappa shape index (κ1) is 14.5. The molecule has 0 aromatic rings. The average molecular weight is 242 g/mol. The van der Waals surface area contributed by atoms with Crippen LogP contribution in [0.2, 0.25) is 0 Å². The third-order valence-electron chi connectivity index (χ3n) is 2.84. The SMILES string of the molecule is CC(C)(C)OCC(=O)NCCN1CCCCC1. The van der Waals surface area contributed by atoms with Gasteiger partial charge in [0.15, 0.2) is 0 Å². The fourth-order valence-corrected chi connectivity index (χ4v) is 1.87. The van der Waals surface area contributed by atoms with E-state index in [1.165, 1.54) is 32.4 Å².